The second-order valence-corrected chi connectivity index (χ2v) is 6.35. The van der Waals surface area contributed by atoms with Gasteiger partial charge in [-0.25, -0.2) is 0 Å². The minimum Gasteiger partial charge on any atom is -0.374 e. The molecule has 0 aromatic heterocycles. The third kappa shape index (κ3) is 2.67. The Morgan fingerprint density at radius 1 is 1.12 bits per heavy atom. The molecule has 3 aliphatic heterocycles. The molecule has 3 saturated heterocycles. The van der Waals surface area contributed by atoms with Crippen LogP contribution in [0.15, 0.2) is 0 Å². The average Bonchev–Trinajstić information content (AvgIpc) is 2.85. The summed E-state index contributed by atoms with van der Waals surface area (Å²) in [6.45, 7) is 3.33. The van der Waals surface area contributed by atoms with E-state index in [1.807, 2.05) is 0 Å². The Morgan fingerprint density at radius 2 is 1.82 bits per heavy atom. The van der Waals surface area contributed by atoms with Crippen molar-refractivity contribution in [1.29, 1.82) is 0 Å². The first-order chi connectivity index (χ1) is 8.20. The lowest BCUT2D eigenvalue weighted by Gasteiger charge is -2.36. The Labute approximate surface area is 105 Å². The van der Waals surface area contributed by atoms with Crippen LogP contribution in [-0.2, 0) is 4.74 Å². The van der Waals surface area contributed by atoms with E-state index in [1.165, 1.54) is 38.5 Å². The van der Waals surface area contributed by atoms with E-state index in [0.717, 1.165) is 24.7 Å². The Morgan fingerprint density at radius 3 is 2.41 bits per heavy atom. The van der Waals surface area contributed by atoms with Crippen LogP contribution in [0.25, 0.3) is 0 Å². The summed E-state index contributed by atoms with van der Waals surface area (Å²) in [7, 11) is 2.29. The summed E-state index contributed by atoms with van der Waals surface area (Å²) in [5, 5.41) is 3.72. The summed E-state index contributed by atoms with van der Waals surface area (Å²) < 4.78 is 5.93. The largest absolute Gasteiger partial charge is 0.374 e. The molecule has 0 aliphatic carbocycles. The Hall–Kier alpha value is -0.120. The van der Waals surface area contributed by atoms with Gasteiger partial charge in [0, 0.05) is 24.7 Å². The molecule has 3 fully saturated rings. The summed E-state index contributed by atoms with van der Waals surface area (Å²) in [6, 6.07) is 2.38. The van der Waals surface area contributed by atoms with Gasteiger partial charge in [0.05, 0.1) is 12.2 Å². The van der Waals surface area contributed by atoms with Gasteiger partial charge in [0.1, 0.15) is 0 Å². The maximum atomic E-state index is 5.93. The molecule has 3 rings (SSSR count). The first-order valence-electron chi connectivity index (χ1n) is 7.32. The highest BCUT2D eigenvalue weighted by molar-refractivity contribution is 4.95. The average molecular weight is 238 g/mol. The van der Waals surface area contributed by atoms with Crippen LogP contribution in [0.2, 0.25) is 0 Å². The van der Waals surface area contributed by atoms with Gasteiger partial charge in [0.25, 0.3) is 0 Å². The van der Waals surface area contributed by atoms with Crippen molar-refractivity contribution >= 4 is 0 Å². The van der Waals surface area contributed by atoms with Crippen molar-refractivity contribution in [3.05, 3.63) is 0 Å². The predicted octanol–water partition coefficient (Wildman–Crippen LogP) is 1.77. The number of ether oxygens (including phenoxy) is 1. The van der Waals surface area contributed by atoms with E-state index in [4.69, 9.17) is 4.74 Å². The molecule has 3 nitrogen and oxygen atoms in total. The zero-order valence-electron chi connectivity index (χ0n) is 11.2. The van der Waals surface area contributed by atoms with E-state index < -0.39 is 0 Å². The molecular formula is C14H26N2O. The van der Waals surface area contributed by atoms with Crippen LogP contribution < -0.4 is 5.32 Å². The molecular weight excluding hydrogens is 212 g/mol. The van der Waals surface area contributed by atoms with Crippen molar-refractivity contribution in [3.63, 3.8) is 0 Å². The molecule has 0 amide bonds. The minimum atomic E-state index is 0.484. The first-order valence-corrected chi connectivity index (χ1v) is 7.32. The number of hydrogen-bond donors (Lipinski definition) is 1. The topological polar surface area (TPSA) is 24.5 Å². The second-order valence-electron chi connectivity index (χ2n) is 6.35. The van der Waals surface area contributed by atoms with Crippen LogP contribution >= 0.6 is 0 Å². The van der Waals surface area contributed by atoms with Gasteiger partial charge in [-0.2, -0.15) is 0 Å². The van der Waals surface area contributed by atoms with Crippen molar-refractivity contribution in [1.82, 2.24) is 10.2 Å². The predicted molar refractivity (Wildman–Crippen MR) is 69.2 cm³/mol. The molecule has 4 atom stereocenters. The maximum Gasteiger partial charge on any atom is 0.0706 e. The fourth-order valence-corrected chi connectivity index (χ4v) is 3.88. The third-order valence-electron chi connectivity index (χ3n) is 4.88. The van der Waals surface area contributed by atoms with E-state index in [1.54, 1.807) is 0 Å². The fourth-order valence-electron chi connectivity index (χ4n) is 3.88. The number of likely N-dealkylation sites (N-methyl/N-ethyl adjacent to an activating group) is 1. The zero-order valence-corrected chi connectivity index (χ0v) is 11.2. The van der Waals surface area contributed by atoms with Crippen LogP contribution in [0.1, 0.15) is 45.4 Å². The number of fused-ring (bicyclic) bond motifs is 2. The van der Waals surface area contributed by atoms with Gasteiger partial charge in [-0.15, -0.1) is 0 Å². The quantitative estimate of drug-likeness (QED) is 0.811. The van der Waals surface area contributed by atoms with Gasteiger partial charge in [-0.1, -0.05) is 0 Å². The molecule has 3 aliphatic rings. The number of rotatable bonds is 3. The second kappa shape index (κ2) is 4.87. The SMILES string of the molecule is CC1CCC(CN(C)C2CC3CCC(C2)N3)O1. The van der Waals surface area contributed by atoms with Gasteiger partial charge in [-0.3, -0.25) is 0 Å². The van der Waals surface area contributed by atoms with Crippen LogP contribution in [0.4, 0.5) is 0 Å². The van der Waals surface area contributed by atoms with E-state index in [-0.39, 0.29) is 0 Å². The molecule has 3 heteroatoms. The molecule has 2 bridgehead atoms. The number of piperidine rings is 1. The summed E-state index contributed by atoms with van der Waals surface area (Å²) in [4.78, 5) is 2.56. The molecule has 98 valence electrons. The molecule has 0 aromatic rings. The maximum absolute atomic E-state index is 5.93. The van der Waals surface area contributed by atoms with Crippen molar-refractivity contribution in [3.8, 4) is 0 Å². The summed E-state index contributed by atoms with van der Waals surface area (Å²) in [5.74, 6) is 0. The van der Waals surface area contributed by atoms with Crippen LogP contribution in [0.3, 0.4) is 0 Å². The molecule has 3 heterocycles. The molecule has 0 spiro atoms. The van der Waals surface area contributed by atoms with Crippen LogP contribution in [0, 0.1) is 0 Å². The lowest BCUT2D eigenvalue weighted by molar-refractivity contribution is 0.0229. The Bertz CT molecular complexity index is 259. The molecule has 0 saturated carbocycles. The van der Waals surface area contributed by atoms with E-state index in [2.05, 4.69) is 24.2 Å². The lowest BCUT2D eigenvalue weighted by Crippen LogP contribution is -2.48. The van der Waals surface area contributed by atoms with E-state index in [9.17, 15) is 0 Å². The highest BCUT2D eigenvalue weighted by Crippen LogP contribution is 2.30. The highest BCUT2D eigenvalue weighted by atomic mass is 16.5. The third-order valence-corrected chi connectivity index (χ3v) is 4.88. The van der Waals surface area contributed by atoms with Crippen LogP contribution in [-0.4, -0.2) is 48.8 Å². The van der Waals surface area contributed by atoms with Gasteiger partial charge >= 0.3 is 0 Å². The number of nitrogens with one attached hydrogen (secondary N) is 1. The molecule has 4 unspecified atom stereocenters. The van der Waals surface area contributed by atoms with Gasteiger partial charge in [0.2, 0.25) is 0 Å². The van der Waals surface area contributed by atoms with Crippen molar-refractivity contribution in [2.45, 2.75) is 75.8 Å². The normalized spacial score (nSPS) is 45.7. The summed E-state index contributed by atoms with van der Waals surface area (Å²) in [5.41, 5.74) is 0. The highest BCUT2D eigenvalue weighted by Gasteiger charge is 2.36. The fraction of sp³-hybridized carbons (Fsp3) is 1.00. The van der Waals surface area contributed by atoms with Gasteiger partial charge in [-0.05, 0) is 52.5 Å². The number of hydrogen-bond acceptors (Lipinski definition) is 3. The molecule has 1 N–H and O–H groups in total. The molecule has 0 aromatic carbocycles. The van der Waals surface area contributed by atoms with Crippen molar-refractivity contribution in [2.24, 2.45) is 0 Å². The molecule has 17 heavy (non-hydrogen) atoms. The van der Waals surface area contributed by atoms with Gasteiger partial charge in [0.15, 0.2) is 0 Å². The minimum absolute atomic E-state index is 0.484. The zero-order chi connectivity index (χ0) is 11.8. The number of nitrogens with zero attached hydrogens (tertiary/aromatic N) is 1. The van der Waals surface area contributed by atoms with E-state index >= 15 is 0 Å². The first kappa shape index (κ1) is 11.9. The standard InChI is InChI=1S/C14H26N2O/c1-10-3-6-14(17-10)9-16(2)13-7-11-4-5-12(8-13)15-11/h10-15H,3-9H2,1-2H3. The summed E-state index contributed by atoms with van der Waals surface area (Å²) in [6.07, 6.45) is 8.95. The van der Waals surface area contributed by atoms with Crippen LogP contribution in [0.5, 0.6) is 0 Å². The monoisotopic (exact) mass is 238 g/mol. The smallest absolute Gasteiger partial charge is 0.0706 e. The van der Waals surface area contributed by atoms with Crippen molar-refractivity contribution in [2.75, 3.05) is 13.6 Å². The Kier molecular flexibility index (Phi) is 3.42. The lowest BCUT2D eigenvalue weighted by atomic mass is 9.98. The van der Waals surface area contributed by atoms with Crippen molar-refractivity contribution < 1.29 is 4.74 Å². The van der Waals surface area contributed by atoms with E-state index in [0.29, 0.717) is 12.2 Å². The summed E-state index contributed by atoms with van der Waals surface area (Å²) >= 11 is 0. The Balaban J connectivity index is 1.50. The van der Waals surface area contributed by atoms with Gasteiger partial charge < -0.3 is 15.0 Å². The molecule has 0 radical (unpaired) electrons.